The molecule has 4 saturated carbocycles. The van der Waals surface area contributed by atoms with E-state index in [1.165, 1.54) is 99.1 Å². The minimum absolute atomic E-state index is 0.0271. The molecule has 10 aromatic rings. The molecule has 0 saturated heterocycles. The lowest BCUT2D eigenvalue weighted by Crippen LogP contribution is -2.45. The molecule has 5 heterocycles. The fraction of sp³-hybridized carbons (Fsp3) is 0.256. The van der Waals surface area contributed by atoms with Crippen LogP contribution in [-0.2, 0) is 32.7 Å². The smallest absolute Gasteiger partial charge is 0.421 e. The molecule has 0 atom stereocenters. The number of halogens is 14. The van der Waals surface area contributed by atoms with Gasteiger partial charge in [0.15, 0.2) is 0 Å². The van der Waals surface area contributed by atoms with E-state index in [1.54, 1.807) is 48.5 Å². The first-order valence-electron chi connectivity index (χ1n) is 37.6. The Bertz CT molecular complexity index is 5500. The maximum absolute atomic E-state index is 13.3. The molecule has 14 rings (SSSR count). The van der Waals surface area contributed by atoms with Crippen molar-refractivity contribution >= 4 is 120 Å². The number of nitrogens with zero attached hydrogens (tertiary/aromatic N) is 6. The molecule has 26 nitrogen and oxygen atoms in total. The predicted molar refractivity (Wildman–Crippen MR) is 443 cm³/mol. The Morgan fingerprint density at radius 3 is 1.25 bits per heavy atom. The number of carboxylic acid groups (broad SMARTS) is 2. The highest BCUT2D eigenvalue weighted by Crippen LogP contribution is 2.42. The van der Waals surface area contributed by atoms with E-state index in [0.717, 1.165) is 142 Å². The molecule has 40 heteroatoms. The molecular formula is C86H75Br2ClF11N9O17. The van der Waals surface area contributed by atoms with E-state index in [9.17, 15) is 107 Å². The molecule has 1 amide bonds. The number of nitrogens with one attached hydrogen (secondary N) is 3. The molecule has 0 aliphatic heterocycles. The summed E-state index contributed by atoms with van der Waals surface area (Å²) in [5.41, 5.74) is -0.114. The van der Waals surface area contributed by atoms with E-state index in [0.29, 0.717) is 64.1 Å². The van der Waals surface area contributed by atoms with Crippen molar-refractivity contribution in [2.75, 3.05) is 42.2 Å². The summed E-state index contributed by atoms with van der Waals surface area (Å²) in [5, 5.41) is 37.7. The number of anilines is 4. The Hall–Kier alpha value is -13.0. The second-order valence-corrected chi connectivity index (χ2v) is 29.5. The van der Waals surface area contributed by atoms with Crippen LogP contribution in [0.5, 0.6) is 29.0 Å². The number of esters is 3. The van der Waals surface area contributed by atoms with E-state index in [-0.39, 0.29) is 68.7 Å². The Kier molecular flexibility index (Phi) is 36.0. The Labute approximate surface area is 732 Å². The van der Waals surface area contributed by atoms with Gasteiger partial charge in [-0.25, -0.2) is 48.3 Å². The van der Waals surface area contributed by atoms with E-state index >= 15 is 0 Å². The zero-order valence-corrected chi connectivity index (χ0v) is 70.2. The second kappa shape index (κ2) is 46.1. The number of hydrogen-bond donors (Lipinski definition) is 6. The summed E-state index contributed by atoms with van der Waals surface area (Å²) in [4.78, 5) is 122. The molecule has 0 radical (unpaired) electrons. The van der Waals surface area contributed by atoms with Gasteiger partial charge in [-0.1, -0.05) is 0 Å². The molecule has 0 unspecified atom stereocenters. The van der Waals surface area contributed by atoms with Crippen LogP contribution in [0.25, 0.3) is 0 Å². The van der Waals surface area contributed by atoms with Crippen LogP contribution >= 0.6 is 43.5 Å². The summed E-state index contributed by atoms with van der Waals surface area (Å²) in [7, 11) is 3.82. The number of hydrogen-bond acceptors (Lipinski definition) is 23. The molecule has 6 N–H and O–H groups in total. The average Bonchev–Trinajstić information content (AvgIpc) is 0.774. The first kappa shape index (κ1) is 98.4. The normalized spacial score (nSPS) is 13.3. The van der Waals surface area contributed by atoms with E-state index in [1.807, 2.05) is 0 Å². The topological polar surface area (TPSA) is 364 Å². The van der Waals surface area contributed by atoms with Crippen molar-refractivity contribution in [1.29, 1.82) is 0 Å². The number of pyridine rings is 5. The third-order valence-corrected chi connectivity index (χ3v) is 19.9. The fourth-order valence-corrected chi connectivity index (χ4v) is 12.0. The summed E-state index contributed by atoms with van der Waals surface area (Å²) < 4.78 is 165. The summed E-state index contributed by atoms with van der Waals surface area (Å²) in [6.07, 6.45) is 5.73. The van der Waals surface area contributed by atoms with Gasteiger partial charge in [-0.05, 0) is 272 Å². The standard InChI is InChI=1S/C23H17BrF3N3O4.C17H15F3N2O3.C13H15NO3.C12H15NO3.C9H7FO3.C6H3BrClNO.C6H3F4N/c24-13-6-8-18(29-12-13)21(31)30(14-3-1-4-14)19-9-7-15(11-16(19)22(32)33)34-20-17(23(25,26)27)5-2-10-28-20;18-17(19,20)13-5-2-8-21-15(13)25-11-6-7-14(12(9-11)16(23)24)22-10-3-1-4-10;1-17-13(16)11-7-9(8-15)5-6-12(11)14-10-3-2-4-10;1-16-12(15)10-7-9(14)5-6-11(10)13-8-3-2-4-8;1-13-9(12)7-4-6(5-11)2-3-8(7)10;7-4-1-2-5(6(8)10)9-3-4;7-5-4(6(8,9)10)2-1-3-11-5/h2,5-12,14H,1,3-4H2,(H,32,33);2,5-10,22H,1,3-4H2,(H,23,24);5-8,10,14H,2-4H2,1H3;5-8,13-14H,2-4H2,1H3;2-5H,1H3;1-3H;1-3H. The van der Waals surface area contributed by atoms with Gasteiger partial charge in [0.1, 0.15) is 63.7 Å². The minimum atomic E-state index is -4.70. The minimum Gasteiger partial charge on any atom is -0.508 e. The zero-order valence-electron chi connectivity index (χ0n) is 66.3. The van der Waals surface area contributed by atoms with Crippen LogP contribution in [0.2, 0.25) is 0 Å². The van der Waals surface area contributed by atoms with Crippen LogP contribution in [0.15, 0.2) is 192 Å². The number of carbonyl (C=O) groups excluding carboxylic acids is 7. The summed E-state index contributed by atoms with van der Waals surface area (Å²) in [5.74, 6) is -8.29. The second-order valence-electron chi connectivity index (χ2n) is 27.3. The van der Waals surface area contributed by atoms with Crippen molar-refractivity contribution in [1.82, 2.24) is 24.9 Å². The zero-order chi connectivity index (χ0) is 92.2. The van der Waals surface area contributed by atoms with Crippen LogP contribution in [0, 0.1) is 11.8 Å². The number of aromatic nitrogens is 5. The van der Waals surface area contributed by atoms with Gasteiger partial charge in [-0.15, -0.1) is 0 Å². The van der Waals surface area contributed by atoms with Gasteiger partial charge >= 0.3 is 48.4 Å². The largest absolute Gasteiger partial charge is 0.508 e. The number of carboxylic acids is 2. The van der Waals surface area contributed by atoms with E-state index < -0.39 is 99.7 Å². The number of rotatable bonds is 21. The lowest BCUT2D eigenvalue weighted by molar-refractivity contribution is -0.141. The summed E-state index contributed by atoms with van der Waals surface area (Å²) in [6.45, 7) is 0. The highest BCUT2D eigenvalue weighted by atomic mass is 79.9. The maximum atomic E-state index is 13.3. The number of phenolic OH excluding ortho intramolecular Hbond substituents is 1. The molecule has 0 spiro atoms. The monoisotopic (exact) mass is 1910 g/mol. The number of aromatic hydroxyl groups is 1. The number of amides is 1. The van der Waals surface area contributed by atoms with Gasteiger partial charge in [0, 0.05) is 92.3 Å². The summed E-state index contributed by atoms with van der Waals surface area (Å²) in [6, 6.07) is 34.0. The van der Waals surface area contributed by atoms with Crippen molar-refractivity contribution in [2.45, 2.75) is 120 Å². The number of aldehydes is 2. The lowest BCUT2D eigenvalue weighted by Gasteiger charge is -2.38. The van der Waals surface area contributed by atoms with E-state index in [2.05, 4.69) is 82.2 Å². The molecule has 0 bridgehead atoms. The molecule has 4 aliphatic rings. The molecule has 5 aromatic heterocycles. The lowest BCUT2D eigenvalue weighted by atomic mass is 9.90. The fourth-order valence-electron chi connectivity index (χ4n) is 11.5. The number of benzene rings is 5. The Morgan fingerprint density at radius 2 is 0.857 bits per heavy atom. The average molecular weight is 1910 g/mol. The van der Waals surface area contributed by atoms with Crippen molar-refractivity contribution < 1.29 is 130 Å². The van der Waals surface area contributed by atoms with Gasteiger partial charge < -0.3 is 59.9 Å². The van der Waals surface area contributed by atoms with Crippen molar-refractivity contribution in [3.8, 4) is 29.0 Å². The quantitative estimate of drug-likeness (QED) is 0.00740. The number of ether oxygens (including phenoxy) is 5. The number of aromatic carboxylic acids is 2. The van der Waals surface area contributed by atoms with Crippen LogP contribution < -0.4 is 30.3 Å². The number of phenols is 1. The Balaban J connectivity index is 0.000000190. The molecule has 4 aliphatic carbocycles. The van der Waals surface area contributed by atoms with Crippen molar-refractivity contribution in [2.24, 2.45) is 0 Å². The summed E-state index contributed by atoms with van der Waals surface area (Å²) >= 11 is 11.6. The number of alkyl halides is 9. The van der Waals surface area contributed by atoms with Gasteiger partial charge in [0.25, 0.3) is 11.1 Å². The van der Waals surface area contributed by atoms with Crippen molar-refractivity contribution in [3.05, 3.63) is 270 Å². The third kappa shape index (κ3) is 28.5. The third-order valence-electron chi connectivity index (χ3n) is 18.8. The van der Waals surface area contributed by atoms with Gasteiger partial charge in [0.2, 0.25) is 17.7 Å². The molecule has 126 heavy (non-hydrogen) atoms. The Morgan fingerprint density at radius 1 is 0.460 bits per heavy atom. The highest BCUT2D eigenvalue weighted by Gasteiger charge is 2.39. The van der Waals surface area contributed by atoms with Gasteiger partial charge in [0.05, 0.1) is 54.8 Å². The van der Waals surface area contributed by atoms with E-state index in [4.69, 9.17) is 25.8 Å². The van der Waals surface area contributed by atoms with Gasteiger partial charge in [-0.2, -0.15) is 43.9 Å². The first-order chi connectivity index (χ1) is 59.8. The van der Waals surface area contributed by atoms with Gasteiger partial charge in [-0.3, -0.25) is 24.2 Å². The van der Waals surface area contributed by atoms with Crippen molar-refractivity contribution in [3.63, 3.8) is 0 Å². The van der Waals surface area contributed by atoms with Crippen LogP contribution in [-0.4, -0.2) is 139 Å². The number of carbonyl (C=O) groups is 9. The maximum Gasteiger partial charge on any atom is 0.421 e. The SMILES string of the molecule is COC(=O)c1cc(C=O)ccc1F.COC(=O)c1cc(C=O)ccc1NC1CCC1.COC(=O)c1cc(O)ccc1NC1CCC1.Fc1ncccc1C(F)(F)F.O=C(Cl)c1ccc(Br)cn1.O=C(O)c1cc(Oc2ncccc2C(F)(F)F)ccc1N(C(=O)c1ccc(Br)cn1)C1CCC1.O=C(O)c1cc(Oc2ncccc2C(F)(F)F)ccc1NC1CCC1. The highest BCUT2D eigenvalue weighted by molar-refractivity contribution is 9.10. The molecular weight excluding hydrogens is 1840 g/mol. The predicted octanol–water partition coefficient (Wildman–Crippen LogP) is 20.8. The number of methoxy groups -OCH3 is 3. The molecule has 4 fully saturated rings. The molecule has 5 aromatic carbocycles. The van der Waals surface area contributed by atoms with Crippen LogP contribution in [0.1, 0.15) is 187 Å². The first-order valence-corrected chi connectivity index (χ1v) is 39.6. The van der Waals surface area contributed by atoms with Crippen LogP contribution in [0.3, 0.4) is 0 Å². The van der Waals surface area contributed by atoms with Crippen LogP contribution in [0.4, 0.5) is 71.0 Å². The molecule has 664 valence electrons.